The smallest absolute Gasteiger partial charge is 0.175 e. The van der Waals surface area contributed by atoms with Crippen molar-refractivity contribution in [1.82, 2.24) is 4.98 Å². The number of nitrogens with two attached hydrogens (primary N) is 1. The van der Waals surface area contributed by atoms with E-state index >= 15 is 0 Å². The van der Waals surface area contributed by atoms with Crippen molar-refractivity contribution in [3.8, 4) is 5.75 Å². The number of ether oxygens (including phenoxy) is 1. The number of halogens is 1. The Hall–Kier alpha value is -1.83. The van der Waals surface area contributed by atoms with E-state index in [1.165, 1.54) is 12.1 Å². The Morgan fingerprint density at radius 1 is 1.24 bits per heavy atom. The molecule has 1 aromatic carbocycles. The van der Waals surface area contributed by atoms with Crippen molar-refractivity contribution in [2.24, 2.45) is 5.84 Å². The van der Waals surface area contributed by atoms with Crippen LogP contribution in [-0.4, -0.2) is 19.7 Å². The number of sulfone groups is 1. The fourth-order valence-electron chi connectivity index (χ4n) is 1.60. The van der Waals surface area contributed by atoms with Gasteiger partial charge in [0.25, 0.3) is 0 Å². The first-order valence-corrected chi connectivity index (χ1v) is 8.22. The van der Waals surface area contributed by atoms with Crippen LogP contribution in [0.3, 0.4) is 0 Å². The molecule has 8 heteroatoms. The zero-order valence-corrected chi connectivity index (χ0v) is 12.8. The number of pyridine rings is 1. The molecular weight excluding hydrogens is 314 g/mol. The largest absolute Gasteiger partial charge is 0.487 e. The fraction of sp³-hybridized carbons (Fsp3) is 0.154. The van der Waals surface area contributed by atoms with Crippen LogP contribution >= 0.6 is 11.6 Å². The summed E-state index contributed by atoms with van der Waals surface area (Å²) in [6.45, 7) is 0.145. The number of nitrogen functional groups attached to an aromatic ring is 1. The van der Waals surface area contributed by atoms with Crippen molar-refractivity contribution < 1.29 is 13.2 Å². The van der Waals surface area contributed by atoms with Gasteiger partial charge in [-0.25, -0.2) is 19.2 Å². The van der Waals surface area contributed by atoms with Gasteiger partial charge in [-0.3, -0.25) is 0 Å². The predicted molar refractivity (Wildman–Crippen MR) is 80.9 cm³/mol. The van der Waals surface area contributed by atoms with Crippen molar-refractivity contribution in [2.75, 3.05) is 11.7 Å². The predicted octanol–water partition coefficient (Wildman–Crippen LogP) is 2.00. The zero-order valence-electron chi connectivity index (χ0n) is 11.2. The molecule has 0 saturated heterocycles. The molecule has 2 aromatic rings. The van der Waals surface area contributed by atoms with Gasteiger partial charge in [0.2, 0.25) is 0 Å². The molecule has 1 heterocycles. The number of benzene rings is 1. The molecule has 1 aromatic heterocycles. The summed E-state index contributed by atoms with van der Waals surface area (Å²) in [5.74, 6) is 6.28. The Morgan fingerprint density at radius 2 is 1.90 bits per heavy atom. The van der Waals surface area contributed by atoms with E-state index in [-0.39, 0.29) is 11.5 Å². The Labute approximate surface area is 127 Å². The third-order valence-electron chi connectivity index (χ3n) is 2.69. The lowest BCUT2D eigenvalue weighted by Gasteiger charge is -2.09. The standard InChI is InChI=1S/C13H14ClN3O3S/c1-21(18,19)10-4-2-9(3-5-10)20-8-12-11(14)6-7-13(16-12)17-15/h2-7H,8,15H2,1H3,(H,16,17). The van der Waals surface area contributed by atoms with Gasteiger partial charge in [0.05, 0.1) is 15.6 Å². The third-order valence-corrected chi connectivity index (χ3v) is 4.17. The van der Waals surface area contributed by atoms with Crippen LogP contribution in [0.1, 0.15) is 5.69 Å². The molecular formula is C13H14ClN3O3S. The average Bonchev–Trinajstić information content (AvgIpc) is 2.46. The summed E-state index contributed by atoms with van der Waals surface area (Å²) in [4.78, 5) is 4.41. The molecule has 21 heavy (non-hydrogen) atoms. The fourth-order valence-corrected chi connectivity index (χ4v) is 2.39. The molecule has 112 valence electrons. The number of anilines is 1. The number of rotatable bonds is 5. The molecule has 0 aliphatic heterocycles. The monoisotopic (exact) mass is 327 g/mol. The summed E-state index contributed by atoms with van der Waals surface area (Å²) in [5, 5.41) is 0.460. The molecule has 0 amide bonds. The second-order valence-electron chi connectivity index (χ2n) is 4.30. The van der Waals surface area contributed by atoms with E-state index in [0.29, 0.717) is 22.3 Å². The van der Waals surface area contributed by atoms with Gasteiger partial charge in [0.15, 0.2) is 9.84 Å². The normalized spacial score (nSPS) is 11.2. The second-order valence-corrected chi connectivity index (χ2v) is 6.72. The van der Waals surface area contributed by atoms with Crippen molar-refractivity contribution in [3.63, 3.8) is 0 Å². The Bertz CT molecular complexity index is 733. The molecule has 6 nitrogen and oxygen atoms in total. The molecule has 0 spiro atoms. The van der Waals surface area contributed by atoms with E-state index in [2.05, 4.69) is 10.4 Å². The highest BCUT2D eigenvalue weighted by molar-refractivity contribution is 7.90. The molecule has 0 radical (unpaired) electrons. The minimum absolute atomic E-state index is 0.145. The van der Waals surface area contributed by atoms with Gasteiger partial charge >= 0.3 is 0 Å². The van der Waals surface area contributed by atoms with Gasteiger partial charge in [-0.05, 0) is 36.4 Å². The maximum Gasteiger partial charge on any atom is 0.175 e. The van der Waals surface area contributed by atoms with Crippen LogP contribution in [0.2, 0.25) is 5.02 Å². The van der Waals surface area contributed by atoms with Crippen LogP contribution < -0.4 is 16.0 Å². The summed E-state index contributed by atoms with van der Waals surface area (Å²) in [6, 6.07) is 9.43. The van der Waals surface area contributed by atoms with Crippen LogP contribution in [0, 0.1) is 0 Å². The molecule has 0 aliphatic carbocycles. The average molecular weight is 328 g/mol. The zero-order chi connectivity index (χ0) is 15.5. The number of hydrazine groups is 1. The topological polar surface area (TPSA) is 94.3 Å². The molecule has 0 fully saturated rings. The third kappa shape index (κ3) is 4.07. The lowest BCUT2D eigenvalue weighted by molar-refractivity contribution is 0.301. The van der Waals surface area contributed by atoms with Crippen LogP contribution in [0.25, 0.3) is 0 Å². The van der Waals surface area contributed by atoms with E-state index in [0.717, 1.165) is 6.26 Å². The molecule has 3 N–H and O–H groups in total. The van der Waals surface area contributed by atoms with Crippen molar-refractivity contribution in [2.45, 2.75) is 11.5 Å². The highest BCUT2D eigenvalue weighted by Gasteiger charge is 2.08. The van der Waals surface area contributed by atoms with E-state index in [1.807, 2.05) is 0 Å². The number of aromatic nitrogens is 1. The number of hydrogen-bond acceptors (Lipinski definition) is 6. The minimum Gasteiger partial charge on any atom is -0.487 e. The van der Waals surface area contributed by atoms with Crippen molar-refractivity contribution in [3.05, 3.63) is 47.1 Å². The van der Waals surface area contributed by atoms with Gasteiger partial charge in [-0.1, -0.05) is 11.6 Å². The number of hydrogen-bond donors (Lipinski definition) is 2. The first kappa shape index (κ1) is 15.6. The van der Waals surface area contributed by atoms with E-state index in [4.69, 9.17) is 22.2 Å². The molecule has 2 rings (SSSR count). The maximum absolute atomic E-state index is 11.4. The summed E-state index contributed by atoms with van der Waals surface area (Å²) in [6.07, 6.45) is 1.15. The molecule has 0 unspecified atom stereocenters. The summed E-state index contributed by atoms with van der Waals surface area (Å²) in [5.41, 5.74) is 2.95. The minimum atomic E-state index is -3.21. The van der Waals surface area contributed by atoms with Crippen LogP contribution in [0.15, 0.2) is 41.3 Å². The van der Waals surface area contributed by atoms with Gasteiger partial charge < -0.3 is 10.2 Å². The Balaban J connectivity index is 2.10. The maximum atomic E-state index is 11.4. The highest BCUT2D eigenvalue weighted by Crippen LogP contribution is 2.20. The van der Waals surface area contributed by atoms with Gasteiger partial charge in [0.1, 0.15) is 18.2 Å². The van der Waals surface area contributed by atoms with E-state index in [9.17, 15) is 8.42 Å². The number of nitrogens with zero attached hydrogens (tertiary/aromatic N) is 1. The van der Waals surface area contributed by atoms with Crippen LogP contribution in [0.4, 0.5) is 5.82 Å². The summed E-state index contributed by atoms with van der Waals surface area (Å²) >= 11 is 6.01. The van der Waals surface area contributed by atoms with E-state index in [1.54, 1.807) is 24.3 Å². The quantitative estimate of drug-likeness (QED) is 0.644. The van der Waals surface area contributed by atoms with Gasteiger partial charge in [0, 0.05) is 6.26 Å². The van der Waals surface area contributed by atoms with Crippen LogP contribution in [-0.2, 0) is 16.4 Å². The Morgan fingerprint density at radius 3 is 2.48 bits per heavy atom. The molecule has 0 aliphatic rings. The number of nitrogens with one attached hydrogen (secondary N) is 1. The molecule has 0 bridgehead atoms. The van der Waals surface area contributed by atoms with Crippen molar-refractivity contribution in [1.29, 1.82) is 0 Å². The molecule has 0 saturated carbocycles. The first-order chi connectivity index (χ1) is 9.90. The second kappa shape index (κ2) is 6.30. The van der Waals surface area contributed by atoms with Crippen LogP contribution in [0.5, 0.6) is 5.75 Å². The van der Waals surface area contributed by atoms with E-state index < -0.39 is 9.84 Å². The lowest BCUT2D eigenvalue weighted by Crippen LogP contribution is -2.10. The summed E-state index contributed by atoms with van der Waals surface area (Å²) in [7, 11) is -3.21. The van der Waals surface area contributed by atoms with Gasteiger partial charge in [-0.2, -0.15) is 0 Å². The molecule has 0 atom stereocenters. The first-order valence-electron chi connectivity index (χ1n) is 5.95. The van der Waals surface area contributed by atoms with Gasteiger partial charge in [-0.15, -0.1) is 0 Å². The highest BCUT2D eigenvalue weighted by atomic mass is 35.5. The van der Waals surface area contributed by atoms with Crippen molar-refractivity contribution >= 4 is 27.3 Å². The lowest BCUT2D eigenvalue weighted by atomic mass is 10.3. The Kier molecular flexibility index (Phi) is 4.66. The SMILES string of the molecule is CS(=O)(=O)c1ccc(OCc2nc(NN)ccc2Cl)cc1. The summed E-state index contributed by atoms with van der Waals surface area (Å²) < 4.78 is 28.2.